The number of nitrogens with one attached hydrogen (secondary N) is 1. The molecule has 2 unspecified atom stereocenters. The zero-order valence-corrected chi connectivity index (χ0v) is 15.6. The summed E-state index contributed by atoms with van der Waals surface area (Å²) in [5.41, 5.74) is 2.77. The van der Waals surface area contributed by atoms with Gasteiger partial charge in [-0.1, -0.05) is 42.5 Å². The maximum Gasteiger partial charge on any atom is 0.241 e. The van der Waals surface area contributed by atoms with Gasteiger partial charge in [0.15, 0.2) is 0 Å². The Balaban J connectivity index is 1.58. The molecule has 1 saturated heterocycles. The van der Waals surface area contributed by atoms with Crippen molar-refractivity contribution in [2.24, 2.45) is 0 Å². The van der Waals surface area contributed by atoms with E-state index in [1.54, 1.807) is 4.90 Å². The quantitative estimate of drug-likeness (QED) is 0.907. The molecule has 2 aliphatic heterocycles. The molecule has 27 heavy (non-hydrogen) atoms. The zero-order chi connectivity index (χ0) is 18.8. The van der Waals surface area contributed by atoms with Crippen LogP contribution in [0.15, 0.2) is 54.6 Å². The molecule has 2 atom stereocenters. The Labute approximate surface area is 160 Å². The number of hydrogen-bond acceptors (Lipinski definition) is 3. The molecule has 1 fully saturated rings. The van der Waals surface area contributed by atoms with Crippen LogP contribution in [0.1, 0.15) is 37.8 Å². The Morgan fingerprint density at radius 2 is 1.85 bits per heavy atom. The summed E-state index contributed by atoms with van der Waals surface area (Å²) in [7, 11) is 0. The molecule has 0 aliphatic carbocycles. The maximum absolute atomic E-state index is 13.3. The first-order valence-electron chi connectivity index (χ1n) is 9.63. The van der Waals surface area contributed by atoms with E-state index in [9.17, 15) is 9.59 Å². The summed E-state index contributed by atoms with van der Waals surface area (Å²) in [6, 6.07) is 18.1. The summed E-state index contributed by atoms with van der Waals surface area (Å²) >= 11 is 0. The van der Waals surface area contributed by atoms with Crippen LogP contribution < -0.4 is 10.2 Å². The van der Waals surface area contributed by atoms with Crippen molar-refractivity contribution in [1.29, 1.82) is 0 Å². The lowest BCUT2D eigenvalue weighted by Crippen LogP contribution is -2.45. The minimum Gasteiger partial charge on any atom is -0.324 e. The second-order valence-corrected chi connectivity index (χ2v) is 7.42. The first-order chi connectivity index (χ1) is 13.1. The van der Waals surface area contributed by atoms with Gasteiger partial charge in [-0.05, 0) is 44.0 Å². The number of para-hydroxylation sites is 2. The van der Waals surface area contributed by atoms with E-state index in [1.165, 1.54) is 5.56 Å². The van der Waals surface area contributed by atoms with Crippen LogP contribution in [0.5, 0.6) is 0 Å². The van der Waals surface area contributed by atoms with Gasteiger partial charge in [0.1, 0.15) is 0 Å². The van der Waals surface area contributed by atoms with Crippen LogP contribution in [0.25, 0.3) is 0 Å². The number of hydrogen-bond donors (Lipinski definition) is 1. The van der Waals surface area contributed by atoms with Gasteiger partial charge in [-0.15, -0.1) is 0 Å². The number of nitrogens with zero attached hydrogens (tertiary/aromatic N) is 2. The highest BCUT2D eigenvalue weighted by Gasteiger charge is 2.33. The molecule has 5 nitrogen and oxygen atoms in total. The van der Waals surface area contributed by atoms with E-state index >= 15 is 0 Å². The van der Waals surface area contributed by atoms with E-state index in [4.69, 9.17) is 0 Å². The van der Waals surface area contributed by atoms with Gasteiger partial charge < -0.3 is 10.2 Å². The zero-order valence-electron chi connectivity index (χ0n) is 15.6. The fourth-order valence-corrected chi connectivity index (χ4v) is 4.29. The number of anilines is 2. The van der Waals surface area contributed by atoms with Gasteiger partial charge in [0.05, 0.1) is 17.9 Å². The Bertz CT molecular complexity index is 836. The number of carbonyl (C=O) groups is 2. The lowest BCUT2D eigenvalue weighted by atomic mass is 10.0. The summed E-state index contributed by atoms with van der Waals surface area (Å²) in [5, 5.41) is 2.92. The van der Waals surface area contributed by atoms with Crippen LogP contribution in [0.4, 0.5) is 11.4 Å². The lowest BCUT2D eigenvalue weighted by Gasteiger charge is -2.31. The Kier molecular flexibility index (Phi) is 4.94. The van der Waals surface area contributed by atoms with Crippen molar-refractivity contribution in [1.82, 2.24) is 4.90 Å². The molecule has 0 radical (unpaired) electrons. The standard InChI is InChI=1S/C22H25N3O2/c1-16-14-21(26)23-18-10-5-6-11-20(18)25(16)22(27)15-24-13-7-12-19(24)17-8-3-2-4-9-17/h2-6,8-11,16,19H,7,12-15H2,1H3,(H,23,26). The highest BCUT2D eigenvalue weighted by Crippen LogP contribution is 2.34. The highest BCUT2D eigenvalue weighted by molar-refractivity contribution is 6.04. The highest BCUT2D eigenvalue weighted by atomic mass is 16.2. The van der Waals surface area contributed by atoms with Gasteiger partial charge >= 0.3 is 0 Å². The summed E-state index contributed by atoms with van der Waals surface area (Å²) in [6.07, 6.45) is 2.48. The Morgan fingerprint density at radius 1 is 1.11 bits per heavy atom. The average molecular weight is 363 g/mol. The summed E-state index contributed by atoms with van der Waals surface area (Å²) < 4.78 is 0. The number of amides is 2. The number of likely N-dealkylation sites (tertiary alicyclic amines) is 1. The molecule has 0 bridgehead atoms. The molecule has 1 N–H and O–H groups in total. The molecular formula is C22H25N3O2. The minimum atomic E-state index is -0.168. The topological polar surface area (TPSA) is 52.7 Å². The second kappa shape index (κ2) is 7.53. The van der Waals surface area contributed by atoms with Gasteiger partial charge in [0.25, 0.3) is 0 Å². The van der Waals surface area contributed by atoms with Gasteiger partial charge in [-0.2, -0.15) is 0 Å². The average Bonchev–Trinajstić information content (AvgIpc) is 3.06. The monoisotopic (exact) mass is 363 g/mol. The fraction of sp³-hybridized carbons (Fsp3) is 0.364. The number of carbonyl (C=O) groups excluding carboxylic acids is 2. The first-order valence-corrected chi connectivity index (χ1v) is 9.63. The third kappa shape index (κ3) is 3.60. The molecule has 4 rings (SSSR count). The number of benzene rings is 2. The third-order valence-electron chi connectivity index (χ3n) is 5.51. The molecular weight excluding hydrogens is 338 g/mol. The Morgan fingerprint density at radius 3 is 2.67 bits per heavy atom. The SMILES string of the molecule is CC1CC(=O)Nc2ccccc2N1C(=O)CN1CCCC1c1ccccc1. The van der Waals surface area contributed by atoms with Crippen molar-refractivity contribution in [3.63, 3.8) is 0 Å². The number of fused-ring (bicyclic) bond motifs is 1. The van der Waals surface area contributed by atoms with Gasteiger partial charge in [-0.3, -0.25) is 14.5 Å². The molecule has 0 aromatic heterocycles. The molecule has 0 spiro atoms. The molecule has 2 aromatic carbocycles. The molecule has 2 aromatic rings. The van der Waals surface area contributed by atoms with Crippen molar-refractivity contribution < 1.29 is 9.59 Å². The van der Waals surface area contributed by atoms with E-state index in [2.05, 4.69) is 34.5 Å². The van der Waals surface area contributed by atoms with Crippen molar-refractivity contribution in [3.05, 3.63) is 60.2 Å². The number of rotatable bonds is 3. The van der Waals surface area contributed by atoms with Crippen LogP contribution in [0, 0.1) is 0 Å². The molecule has 2 aliphatic rings. The van der Waals surface area contributed by atoms with Gasteiger partial charge in [-0.25, -0.2) is 0 Å². The van der Waals surface area contributed by atoms with Crippen molar-refractivity contribution in [3.8, 4) is 0 Å². The summed E-state index contributed by atoms with van der Waals surface area (Å²) in [6.45, 7) is 3.23. The summed E-state index contributed by atoms with van der Waals surface area (Å²) in [4.78, 5) is 29.5. The molecule has 2 heterocycles. The van der Waals surface area contributed by atoms with E-state index in [1.807, 2.05) is 37.3 Å². The van der Waals surface area contributed by atoms with Crippen LogP contribution >= 0.6 is 0 Å². The van der Waals surface area contributed by atoms with E-state index in [0.717, 1.165) is 25.1 Å². The largest absolute Gasteiger partial charge is 0.324 e. The van der Waals surface area contributed by atoms with Gasteiger partial charge in [0, 0.05) is 18.5 Å². The molecule has 0 saturated carbocycles. The van der Waals surface area contributed by atoms with Crippen LogP contribution in [0.3, 0.4) is 0 Å². The minimum absolute atomic E-state index is 0.0476. The van der Waals surface area contributed by atoms with Crippen LogP contribution in [-0.4, -0.2) is 35.8 Å². The normalized spacial score (nSPS) is 22.9. The van der Waals surface area contributed by atoms with E-state index < -0.39 is 0 Å². The second-order valence-electron chi connectivity index (χ2n) is 7.42. The lowest BCUT2D eigenvalue weighted by molar-refractivity contribution is -0.120. The predicted molar refractivity (Wildman–Crippen MR) is 107 cm³/mol. The van der Waals surface area contributed by atoms with Crippen molar-refractivity contribution in [2.45, 2.75) is 38.3 Å². The molecule has 5 heteroatoms. The predicted octanol–water partition coefficient (Wildman–Crippen LogP) is 3.59. The van der Waals surface area contributed by atoms with Crippen LogP contribution in [-0.2, 0) is 9.59 Å². The Hall–Kier alpha value is -2.66. The maximum atomic E-state index is 13.3. The summed E-state index contributed by atoms with van der Waals surface area (Å²) in [5.74, 6) is 0.00265. The van der Waals surface area contributed by atoms with Crippen LogP contribution in [0.2, 0.25) is 0 Å². The first kappa shape index (κ1) is 17.7. The molecule has 2 amide bonds. The van der Waals surface area contributed by atoms with Crippen molar-refractivity contribution in [2.75, 3.05) is 23.3 Å². The third-order valence-corrected chi connectivity index (χ3v) is 5.51. The van der Waals surface area contributed by atoms with E-state index in [-0.39, 0.29) is 23.9 Å². The molecule has 140 valence electrons. The van der Waals surface area contributed by atoms with Gasteiger partial charge in [0.2, 0.25) is 11.8 Å². The smallest absolute Gasteiger partial charge is 0.241 e. The van der Waals surface area contributed by atoms with E-state index in [0.29, 0.717) is 18.7 Å². The van der Waals surface area contributed by atoms with Crippen molar-refractivity contribution >= 4 is 23.2 Å². The fourth-order valence-electron chi connectivity index (χ4n) is 4.29.